The number of aromatic nitrogens is 5. The quantitative estimate of drug-likeness (QED) is 0.170. The first-order valence-electron chi connectivity index (χ1n) is 19.3. The highest BCUT2D eigenvalue weighted by Crippen LogP contribution is 2.42. The molecule has 0 saturated heterocycles. The van der Waals surface area contributed by atoms with Gasteiger partial charge in [-0.1, -0.05) is 133 Å². The van der Waals surface area contributed by atoms with Crippen molar-refractivity contribution in [3.63, 3.8) is 0 Å². The molecule has 0 saturated carbocycles. The second kappa shape index (κ2) is 13.6. The minimum absolute atomic E-state index is 0.553. The fraction of sp³-hybridized carbons (Fsp3) is 0. The first kappa shape index (κ1) is 33.2. The maximum Gasteiger partial charge on any atom is 0.164 e. The van der Waals surface area contributed by atoms with Gasteiger partial charge in [0.1, 0.15) is 0 Å². The fourth-order valence-corrected chi connectivity index (χ4v) is 8.40. The Labute approximate surface area is 334 Å². The van der Waals surface area contributed by atoms with Crippen LogP contribution in [-0.4, -0.2) is 24.1 Å². The van der Waals surface area contributed by atoms with Crippen molar-refractivity contribution < 1.29 is 0 Å². The lowest BCUT2D eigenvalue weighted by Gasteiger charge is -2.20. The van der Waals surface area contributed by atoms with E-state index < -0.39 is 0 Å². The van der Waals surface area contributed by atoms with Gasteiger partial charge in [-0.15, -0.1) is 0 Å². The molecule has 11 rings (SSSR count). The third kappa shape index (κ3) is 5.37. The molecule has 0 atom stereocenters. The first-order chi connectivity index (χ1) is 28.7. The minimum Gasteiger partial charge on any atom is -0.309 e. The summed E-state index contributed by atoms with van der Waals surface area (Å²) in [5, 5.41) is 15.1. The lowest BCUT2D eigenvalue weighted by atomic mass is 9.96. The van der Waals surface area contributed by atoms with E-state index in [1.54, 1.807) is 0 Å². The van der Waals surface area contributed by atoms with Crippen LogP contribution in [0.3, 0.4) is 0 Å². The van der Waals surface area contributed by atoms with Gasteiger partial charge in [-0.2, -0.15) is 5.26 Å². The highest BCUT2D eigenvalue weighted by Gasteiger charge is 2.22. The SMILES string of the molecule is N#Cc1ccc(-n2c3ccccc3c3ccccc32)c(-c2cc(-c3nc(-c4ccccc4)nc(-c4ccccc4)n3)ccc2-n2c3ccccc3c3ccccc32)c1. The molecule has 58 heavy (non-hydrogen) atoms. The van der Waals surface area contributed by atoms with Gasteiger partial charge in [0.05, 0.1) is 45.1 Å². The Morgan fingerprint density at radius 2 is 0.707 bits per heavy atom. The third-order valence-corrected chi connectivity index (χ3v) is 11.0. The minimum atomic E-state index is 0.553. The molecule has 270 valence electrons. The Bertz CT molecular complexity index is 3240. The number of nitriles is 1. The largest absolute Gasteiger partial charge is 0.309 e. The summed E-state index contributed by atoms with van der Waals surface area (Å²) in [5.41, 5.74) is 11.3. The maximum atomic E-state index is 10.4. The Kier molecular flexibility index (Phi) is 7.76. The van der Waals surface area contributed by atoms with E-state index >= 15 is 0 Å². The second-order valence-corrected chi connectivity index (χ2v) is 14.4. The summed E-state index contributed by atoms with van der Waals surface area (Å²) in [6.45, 7) is 0. The molecule has 6 nitrogen and oxygen atoms in total. The maximum absolute atomic E-state index is 10.4. The Hall–Kier alpha value is -8.14. The summed E-state index contributed by atoms with van der Waals surface area (Å²) in [6, 6.07) is 69.1. The predicted octanol–water partition coefficient (Wildman–Crippen LogP) is 12.6. The van der Waals surface area contributed by atoms with Crippen LogP contribution in [0.4, 0.5) is 0 Å². The van der Waals surface area contributed by atoms with Crippen molar-refractivity contribution in [3.05, 3.63) is 200 Å². The summed E-state index contributed by atoms with van der Waals surface area (Å²) >= 11 is 0. The van der Waals surface area contributed by atoms with Gasteiger partial charge < -0.3 is 9.13 Å². The second-order valence-electron chi connectivity index (χ2n) is 14.4. The van der Waals surface area contributed by atoms with Crippen molar-refractivity contribution in [2.75, 3.05) is 0 Å². The molecule has 0 aliphatic rings. The molecule has 0 aliphatic carbocycles. The average Bonchev–Trinajstić information content (AvgIpc) is 3.82. The molecule has 0 unspecified atom stereocenters. The van der Waals surface area contributed by atoms with E-state index in [1.165, 1.54) is 10.8 Å². The highest BCUT2D eigenvalue weighted by atomic mass is 15.0. The molecule has 3 aromatic heterocycles. The molecule has 11 aromatic rings. The Morgan fingerprint density at radius 1 is 0.345 bits per heavy atom. The summed E-state index contributed by atoms with van der Waals surface area (Å²) < 4.78 is 4.67. The third-order valence-electron chi connectivity index (χ3n) is 11.0. The van der Waals surface area contributed by atoms with Crippen LogP contribution in [0.1, 0.15) is 5.56 Å². The summed E-state index contributed by atoms with van der Waals surface area (Å²) in [4.78, 5) is 15.2. The van der Waals surface area contributed by atoms with Crippen LogP contribution in [0, 0.1) is 11.3 Å². The van der Waals surface area contributed by atoms with Crippen LogP contribution in [0.15, 0.2) is 194 Å². The molecule has 0 radical (unpaired) electrons. The van der Waals surface area contributed by atoms with E-state index in [4.69, 9.17) is 15.0 Å². The molecule has 0 fully saturated rings. The molecule has 0 spiro atoms. The van der Waals surface area contributed by atoms with Crippen LogP contribution in [0.2, 0.25) is 0 Å². The number of hydrogen-bond donors (Lipinski definition) is 0. The number of fused-ring (bicyclic) bond motifs is 6. The van der Waals surface area contributed by atoms with Crippen LogP contribution >= 0.6 is 0 Å². The molecule has 0 N–H and O–H groups in total. The van der Waals surface area contributed by atoms with Gasteiger partial charge in [0.25, 0.3) is 0 Å². The topological polar surface area (TPSA) is 72.3 Å². The van der Waals surface area contributed by atoms with Crippen molar-refractivity contribution in [2.45, 2.75) is 0 Å². The smallest absolute Gasteiger partial charge is 0.164 e. The van der Waals surface area contributed by atoms with Gasteiger partial charge in [-0.3, -0.25) is 0 Å². The monoisotopic (exact) mass is 740 g/mol. The van der Waals surface area contributed by atoms with E-state index in [-0.39, 0.29) is 0 Å². The number of nitrogens with zero attached hydrogens (tertiary/aromatic N) is 6. The number of para-hydroxylation sites is 4. The van der Waals surface area contributed by atoms with E-state index in [1.807, 2.05) is 72.8 Å². The summed E-state index contributed by atoms with van der Waals surface area (Å²) in [5.74, 6) is 1.74. The number of hydrogen-bond acceptors (Lipinski definition) is 4. The Morgan fingerprint density at radius 3 is 1.14 bits per heavy atom. The van der Waals surface area contributed by atoms with Crippen LogP contribution in [0.25, 0.3) is 100 Å². The van der Waals surface area contributed by atoms with Crippen molar-refractivity contribution >= 4 is 43.6 Å². The fourth-order valence-electron chi connectivity index (χ4n) is 8.40. The van der Waals surface area contributed by atoms with Crippen molar-refractivity contribution in [1.29, 1.82) is 5.26 Å². The average molecular weight is 741 g/mol. The normalized spacial score (nSPS) is 11.4. The zero-order valence-electron chi connectivity index (χ0n) is 31.2. The van der Waals surface area contributed by atoms with Crippen molar-refractivity contribution in [3.8, 4) is 62.7 Å². The zero-order valence-corrected chi connectivity index (χ0v) is 31.2. The standard InChI is InChI=1S/C52H32N6/c53-33-34-27-29-48(57-44-23-11-7-19-38(44)39-20-8-12-24-45(39)57)42(31-34)43-32-37(28-30-49(43)58-46-25-13-9-21-40(46)41-22-10-14-26-47(41)58)52-55-50(35-15-3-1-4-16-35)54-51(56-52)36-17-5-2-6-18-36/h1-32H. The van der Waals surface area contributed by atoms with Gasteiger partial charge >= 0.3 is 0 Å². The summed E-state index contributed by atoms with van der Waals surface area (Å²) in [7, 11) is 0. The van der Waals surface area contributed by atoms with Gasteiger partial charge in [-0.25, -0.2) is 15.0 Å². The van der Waals surface area contributed by atoms with Crippen LogP contribution in [0.5, 0.6) is 0 Å². The van der Waals surface area contributed by atoms with E-state index in [0.29, 0.717) is 23.0 Å². The molecule has 0 bridgehead atoms. The number of benzene rings is 8. The molecule has 0 aliphatic heterocycles. The van der Waals surface area contributed by atoms with Gasteiger partial charge in [0, 0.05) is 49.4 Å². The molecular weight excluding hydrogens is 709 g/mol. The first-order valence-corrected chi connectivity index (χ1v) is 19.3. The van der Waals surface area contributed by atoms with Crippen LogP contribution in [-0.2, 0) is 0 Å². The van der Waals surface area contributed by atoms with E-state index in [2.05, 4.69) is 137 Å². The number of rotatable bonds is 6. The summed E-state index contributed by atoms with van der Waals surface area (Å²) in [6.07, 6.45) is 0. The highest BCUT2D eigenvalue weighted by molar-refractivity contribution is 6.11. The van der Waals surface area contributed by atoms with Gasteiger partial charge in [0.15, 0.2) is 17.5 Å². The van der Waals surface area contributed by atoms with E-state index in [9.17, 15) is 5.26 Å². The van der Waals surface area contributed by atoms with Gasteiger partial charge in [0.2, 0.25) is 0 Å². The van der Waals surface area contributed by atoms with Gasteiger partial charge in [-0.05, 0) is 60.7 Å². The van der Waals surface area contributed by atoms with Crippen LogP contribution < -0.4 is 0 Å². The van der Waals surface area contributed by atoms with Crippen molar-refractivity contribution in [1.82, 2.24) is 24.1 Å². The van der Waals surface area contributed by atoms with E-state index in [0.717, 1.165) is 72.0 Å². The molecule has 0 amide bonds. The predicted molar refractivity (Wildman–Crippen MR) is 235 cm³/mol. The molecule has 3 heterocycles. The molecular formula is C52H32N6. The van der Waals surface area contributed by atoms with Crippen molar-refractivity contribution in [2.24, 2.45) is 0 Å². The Balaban J connectivity index is 1.25. The zero-order chi connectivity index (χ0) is 38.6. The lowest BCUT2D eigenvalue weighted by molar-refractivity contribution is 1.07. The molecule has 6 heteroatoms. The molecule has 8 aromatic carbocycles. The lowest BCUT2D eigenvalue weighted by Crippen LogP contribution is -2.04.